The van der Waals surface area contributed by atoms with Crippen molar-refractivity contribution in [2.45, 2.75) is 38.3 Å². The number of carbonyl (C=O) groups is 2. The van der Waals surface area contributed by atoms with Gasteiger partial charge in [0.1, 0.15) is 11.7 Å². The van der Waals surface area contributed by atoms with Crippen LogP contribution in [0, 0.1) is 0 Å². The molecule has 2 heterocycles. The highest BCUT2D eigenvalue weighted by molar-refractivity contribution is 6.09. The third-order valence-electron chi connectivity index (χ3n) is 6.16. The summed E-state index contributed by atoms with van der Waals surface area (Å²) in [5.41, 5.74) is 2.99. The number of imidazole rings is 1. The molecular weight excluding hydrogens is 466 g/mol. The second-order valence-corrected chi connectivity index (χ2v) is 9.77. The highest BCUT2D eigenvalue weighted by Crippen LogP contribution is 2.32. The monoisotopic (exact) mass is 497 g/mol. The molecule has 37 heavy (non-hydrogen) atoms. The van der Waals surface area contributed by atoms with Crippen LogP contribution in [0.4, 0.5) is 5.69 Å². The van der Waals surface area contributed by atoms with Crippen LogP contribution in [-0.4, -0.2) is 38.5 Å². The summed E-state index contributed by atoms with van der Waals surface area (Å²) in [5.74, 6) is -0.909. The summed E-state index contributed by atoms with van der Waals surface area (Å²) in [6.07, 6.45) is 6.09. The number of carbonyl (C=O) groups excluding carboxylic acids is 2. The summed E-state index contributed by atoms with van der Waals surface area (Å²) in [5, 5.41) is 13.0. The predicted molar refractivity (Wildman–Crippen MR) is 142 cm³/mol. The number of aliphatic hydroxyl groups excluding tert-OH is 1. The molecule has 2 aromatic heterocycles. The van der Waals surface area contributed by atoms with E-state index in [4.69, 9.17) is 0 Å². The second-order valence-electron chi connectivity index (χ2n) is 9.77. The number of aliphatic hydroxyl groups is 1. The molecular formula is C29H31N5O3. The Labute approximate surface area is 216 Å². The molecule has 8 nitrogen and oxygen atoms in total. The number of rotatable bonds is 8. The van der Waals surface area contributed by atoms with E-state index >= 15 is 0 Å². The average molecular weight is 498 g/mol. The number of aromatic nitrogens is 3. The lowest BCUT2D eigenvalue weighted by atomic mass is 9.87. The first-order chi connectivity index (χ1) is 17.8. The normalized spacial score (nSPS) is 13.0. The Hall–Kier alpha value is -4.30. The fourth-order valence-electron chi connectivity index (χ4n) is 4.13. The van der Waals surface area contributed by atoms with Crippen LogP contribution in [-0.2, 0) is 10.2 Å². The number of anilines is 1. The molecule has 0 saturated heterocycles. The van der Waals surface area contributed by atoms with Gasteiger partial charge in [-0.25, -0.2) is 4.98 Å². The number of nitrogens with one attached hydrogen (secondary N) is 2. The third-order valence-corrected chi connectivity index (χ3v) is 6.16. The maximum atomic E-state index is 13.9. The zero-order chi connectivity index (χ0) is 26.4. The van der Waals surface area contributed by atoms with Crippen LogP contribution in [0.3, 0.4) is 0 Å². The zero-order valence-electron chi connectivity index (χ0n) is 21.1. The fraction of sp³-hybridized carbons (Fsp3) is 0.241. The predicted octanol–water partition coefficient (Wildman–Crippen LogP) is 4.34. The molecule has 190 valence electrons. The standard InChI is InChI=1S/C29H31N5O3/c1-29(2,3)22-11-13-23(14-12-22)34(28(37)24-17-31-19-32-24)26(21-10-7-15-30-16-21)27(36)33-25(18-35)20-8-5-4-6-9-20/h4-17,19,25-26,35H,18H2,1-3H3,(H,31,32)(H,33,36)/t25-,26?/m1/s1. The number of hydrogen-bond acceptors (Lipinski definition) is 5. The molecule has 0 aliphatic carbocycles. The smallest absolute Gasteiger partial charge is 0.279 e. The fourth-order valence-corrected chi connectivity index (χ4v) is 4.13. The Bertz CT molecular complexity index is 1300. The van der Waals surface area contributed by atoms with E-state index in [1.165, 1.54) is 17.4 Å². The van der Waals surface area contributed by atoms with E-state index < -0.39 is 23.9 Å². The highest BCUT2D eigenvalue weighted by atomic mass is 16.3. The van der Waals surface area contributed by atoms with Gasteiger partial charge in [-0.05, 0) is 34.7 Å². The van der Waals surface area contributed by atoms with Gasteiger partial charge in [-0.1, -0.05) is 69.3 Å². The van der Waals surface area contributed by atoms with Crippen molar-refractivity contribution < 1.29 is 14.7 Å². The number of aromatic amines is 1. The molecule has 2 aromatic carbocycles. The Morgan fingerprint density at radius 3 is 2.27 bits per heavy atom. The van der Waals surface area contributed by atoms with Crippen LogP contribution >= 0.6 is 0 Å². The SMILES string of the molecule is CC(C)(C)c1ccc(N(C(=O)c2c[nH]cn2)C(C(=O)N[C@H](CO)c2ccccc2)c2cccnc2)cc1. The minimum Gasteiger partial charge on any atom is -0.394 e. The van der Waals surface area contributed by atoms with Crippen molar-refractivity contribution in [3.8, 4) is 0 Å². The quantitative estimate of drug-likeness (QED) is 0.335. The van der Waals surface area contributed by atoms with Gasteiger partial charge in [0, 0.05) is 29.8 Å². The van der Waals surface area contributed by atoms with Crippen LogP contribution in [0.15, 0.2) is 91.6 Å². The van der Waals surface area contributed by atoms with Gasteiger partial charge in [0.15, 0.2) is 0 Å². The molecule has 1 unspecified atom stereocenters. The molecule has 4 aromatic rings. The first-order valence-corrected chi connectivity index (χ1v) is 12.1. The summed E-state index contributed by atoms with van der Waals surface area (Å²) in [6.45, 7) is 6.03. The molecule has 0 aliphatic rings. The van der Waals surface area contributed by atoms with Crippen LogP contribution in [0.2, 0.25) is 0 Å². The topological polar surface area (TPSA) is 111 Å². The largest absolute Gasteiger partial charge is 0.394 e. The molecule has 8 heteroatoms. The van der Waals surface area contributed by atoms with Crippen LogP contribution in [0.1, 0.15) is 60.0 Å². The summed E-state index contributed by atoms with van der Waals surface area (Å²) in [6, 6.07) is 18.5. The van der Waals surface area contributed by atoms with E-state index in [2.05, 4.69) is 41.0 Å². The Morgan fingerprint density at radius 1 is 1.00 bits per heavy atom. The average Bonchev–Trinajstić information content (AvgIpc) is 3.46. The highest BCUT2D eigenvalue weighted by Gasteiger charge is 2.35. The summed E-state index contributed by atoms with van der Waals surface area (Å²) in [4.78, 5) is 40.3. The lowest BCUT2D eigenvalue weighted by molar-refractivity contribution is -0.123. The summed E-state index contributed by atoms with van der Waals surface area (Å²) < 4.78 is 0. The molecule has 0 spiro atoms. The second kappa shape index (κ2) is 11.2. The summed E-state index contributed by atoms with van der Waals surface area (Å²) >= 11 is 0. The van der Waals surface area contributed by atoms with Crippen molar-refractivity contribution in [3.05, 3.63) is 114 Å². The van der Waals surface area contributed by atoms with Crippen LogP contribution in [0.5, 0.6) is 0 Å². The van der Waals surface area contributed by atoms with Gasteiger partial charge >= 0.3 is 0 Å². The lowest BCUT2D eigenvalue weighted by Crippen LogP contribution is -2.45. The van der Waals surface area contributed by atoms with Gasteiger partial charge in [-0.2, -0.15) is 0 Å². The number of H-pyrrole nitrogens is 1. The van der Waals surface area contributed by atoms with Gasteiger partial charge in [-0.15, -0.1) is 0 Å². The molecule has 0 bridgehead atoms. The van der Waals surface area contributed by atoms with Crippen molar-refractivity contribution in [2.24, 2.45) is 0 Å². The minimum absolute atomic E-state index is 0.0836. The Balaban J connectivity index is 1.80. The number of hydrogen-bond donors (Lipinski definition) is 3. The van der Waals surface area contributed by atoms with Gasteiger partial charge in [-0.3, -0.25) is 19.5 Å². The zero-order valence-corrected chi connectivity index (χ0v) is 21.1. The van der Waals surface area contributed by atoms with E-state index in [9.17, 15) is 14.7 Å². The van der Waals surface area contributed by atoms with E-state index in [1.54, 1.807) is 24.5 Å². The Morgan fingerprint density at radius 2 is 1.70 bits per heavy atom. The molecule has 2 amide bonds. The Kier molecular flexibility index (Phi) is 7.79. The molecule has 0 radical (unpaired) electrons. The number of nitrogens with zero attached hydrogens (tertiary/aromatic N) is 3. The summed E-state index contributed by atoms with van der Waals surface area (Å²) in [7, 11) is 0. The molecule has 0 fully saturated rings. The van der Waals surface area contributed by atoms with Crippen molar-refractivity contribution in [2.75, 3.05) is 11.5 Å². The first-order valence-electron chi connectivity index (χ1n) is 12.1. The molecule has 0 aliphatic heterocycles. The number of amides is 2. The lowest BCUT2D eigenvalue weighted by Gasteiger charge is -2.32. The van der Waals surface area contributed by atoms with Crippen molar-refractivity contribution in [1.29, 1.82) is 0 Å². The van der Waals surface area contributed by atoms with E-state index in [0.717, 1.165) is 11.1 Å². The first kappa shape index (κ1) is 25.8. The van der Waals surface area contributed by atoms with Crippen molar-refractivity contribution >= 4 is 17.5 Å². The van der Waals surface area contributed by atoms with Crippen LogP contribution in [0.25, 0.3) is 0 Å². The third kappa shape index (κ3) is 5.92. The number of benzene rings is 2. The molecule has 2 atom stereocenters. The minimum atomic E-state index is -1.07. The van der Waals surface area contributed by atoms with Crippen molar-refractivity contribution in [3.63, 3.8) is 0 Å². The maximum absolute atomic E-state index is 13.9. The maximum Gasteiger partial charge on any atom is 0.279 e. The van der Waals surface area contributed by atoms with Gasteiger partial charge in [0.25, 0.3) is 5.91 Å². The van der Waals surface area contributed by atoms with Crippen LogP contribution < -0.4 is 10.2 Å². The molecule has 0 saturated carbocycles. The van der Waals surface area contributed by atoms with Crippen molar-refractivity contribution in [1.82, 2.24) is 20.3 Å². The van der Waals surface area contributed by atoms with Gasteiger partial charge in [0.05, 0.1) is 19.0 Å². The van der Waals surface area contributed by atoms with E-state index in [0.29, 0.717) is 11.3 Å². The van der Waals surface area contributed by atoms with E-state index in [1.807, 2.05) is 54.6 Å². The molecule has 3 N–H and O–H groups in total. The van der Waals surface area contributed by atoms with Gasteiger partial charge < -0.3 is 15.4 Å². The van der Waals surface area contributed by atoms with E-state index in [-0.39, 0.29) is 17.7 Å². The number of pyridine rings is 1. The van der Waals surface area contributed by atoms with Gasteiger partial charge in [0.2, 0.25) is 5.91 Å². The molecule has 4 rings (SSSR count).